The lowest BCUT2D eigenvalue weighted by molar-refractivity contribution is -0.116. The third kappa shape index (κ3) is 4.65. The number of hydrogen-bond donors (Lipinski definition) is 1. The van der Waals surface area contributed by atoms with E-state index in [1.54, 1.807) is 24.0 Å². The second-order valence-electron chi connectivity index (χ2n) is 6.28. The molecule has 3 aromatic rings. The number of nitrogens with zero attached hydrogens (tertiary/aromatic N) is 3. The number of pyridine rings is 1. The Morgan fingerprint density at radius 1 is 1.30 bits per heavy atom. The highest BCUT2D eigenvalue weighted by molar-refractivity contribution is 7.98. The third-order valence-electron chi connectivity index (χ3n) is 3.86. The van der Waals surface area contributed by atoms with Crippen LogP contribution in [0, 0.1) is 0 Å². The van der Waals surface area contributed by atoms with Gasteiger partial charge in [0, 0.05) is 28.8 Å². The van der Waals surface area contributed by atoms with Crippen LogP contribution in [0.1, 0.15) is 25.6 Å². The molecule has 1 aromatic carbocycles. The van der Waals surface area contributed by atoms with Crippen LogP contribution >= 0.6 is 11.8 Å². The fraction of sp³-hybridized carbons (Fsp3) is 0.263. The van der Waals surface area contributed by atoms with E-state index < -0.39 is 0 Å². The van der Waals surface area contributed by atoms with Crippen molar-refractivity contribution in [2.75, 3.05) is 11.6 Å². The lowest BCUT2D eigenvalue weighted by Crippen LogP contribution is -2.26. The average Bonchev–Trinajstić information content (AvgIpc) is 3.14. The minimum absolute atomic E-state index is 0.110. The van der Waals surface area contributed by atoms with Crippen LogP contribution in [0.2, 0.25) is 0 Å². The van der Waals surface area contributed by atoms with Crippen molar-refractivity contribution in [2.45, 2.75) is 31.2 Å². The van der Waals surface area contributed by atoms with Crippen molar-refractivity contribution in [3.8, 4) is 11.5 Å². The molecule has 2 aromatic heterocycles. The van der Waals surface area contributed by atoms with Gasteiger partial charge in [-0.1, -0.05) is 25.1 Å². The van der Waals surface area contributed by atoms with Gasteiger partial charge in [-0.25, -0.2) is 0 Å². The largest absolute Gasteiger partial charge is 0.334 e. The van der Waals surface area contributed by atoms with Gasteiger partial charge in [-0.05, 0) is 30.5 Å². The summed E-state index contributed by atoms with van der Waals surface area (Å²) in [6.07, 6.45) is 3.52. The van der Waals surface area contributed by atoms with Crippen LogP contribution in [-0.4, -0.2) is 26.9 Å². The zero-order chi connectivity index (χ0) is 19.4. The van der Waals surface area contributed by atoms with Crippen LogP contribution in [-0.2, 0) is 11.3 Å². The molecule has 1 amide bonds. The van der Waals surface area contributed by atoms with E-state index in [4.69, 9.17) is 4.52 Å². The normalized spacial score (nSPS) is 11.0. The molecule has 0 atom stereocenters. The van der Waals surface area contributed by atoms with Crippen LogP contribution in [0.15, 0.2) is 56.8 Å². The molecule has 0 saturated carbocycles. The van der Waals surface area contributed by atoms with Gasteiger partial charge in [-0.15, -0.1) is 11.8 Å². The lowest BCUT2D eigenvalue weighted by atomic mass is 10.2. The molecule has 0 aliphatic heterocycles. The van der Waals surface area contributed by atoms with Gasteiger partial charge in [0.05, 0.1) is 5.56 Å². The first-order chi connectivity index (χ1) is 13.0. The van der Waals surface area contributed by atoms with E-state index in [1.165, 1.54) is 10.6 Å². The molecule has 27 heavy (non-hydrogen) atoms. The Morgan fingerprint density at radius 2 is 2.11 bits per heavy atom. The van der Waals surface area contributed by atoms with Crippen molar-refractivity contribution < 1.29 is 9.32 Å². The Morgan fingerprint density at radius 3 is 2.81 bits per heavy atom. The van der Waals surface area contributed by atoms with Crippen molar-refractivity contribution in [3.05, 3.63) is 58.8 Å². The summed E-state index contributed by atoms with van der Waals surface area (Å²) in [5.74, 6) is 0.756. The second-order valence-corrected chi connectivity index (χ2v) is 7.16. The van der Waals surface area contributed by atoms with Gasteiger partial charge < -0.3 is 14.4 Å². The Balaban J connectivity index is 1.77. The average molecular weight is 384 g/mol. The van der Waals surface area contributed by atoms with Crippen molar-refractivity contribution in [1.82, 2.24) is 14.7 Å². The summed E-state index contributed by atoms with van der Waals surface area (Å²) in [5.41, 5.74) is 0.996. The van der Waals surface area contributed by atoms with E-state index in [9.17, 15) is 9.59 Å². The Hall–Kier alpha value is -2.87. The van der Waals surface area contributed by atoms with Crippen LogP contribution in [0.4, 0.5) is 5.69 Å². The zero-order valence-corrected chi connectivity index (χ0v) is 16.1. The molecule has 2 heterocycles. The predicted molar refractivity (Wildman–Crippen MR) is 105 cm³/mol. The topological polar surface area (TPSA) is 90.0 Å². The highest BCUT2D eigenvalue weighted by atomic mass is 32.2. The minimum Gasteiger partial charge on any atom is -0.334 e. The molecule has 0 radical (unpaired) electrons. The summed E-state index contributed by atoms with van der Waals surface area (Å²) in [7, 11) is 0. The number of benzene rings is 1. The quantitative estimate of drug-likeness (QED) is 0.655. The van der Waals surface area contributed by atoms with Crippen LogP contribution in [0.25, 0.3) is 11.5 Å². The first kappa shape index (κ1) is 18.9. The standard InChI is InChI=1S/C19H20N4O3S/c1-12(2)18-21-19(26-22-18)13-7-8-17(25)23(10-13)11-16(24)20-14-5-4-6-15(9-14)27-3/h4-10,12H,11H2,1-3H3,(H,20,24). The molecule has 0 aliphatic carbocycles. The van der Waals surface area contributed by atoms with Crippen molar-refractivity contribution >= 4 is 23.4 Å². The molecule has 0 bridgehead atoms. The summed E-state index contributed by atoms with van der Waals surface area (Å²) < 4.78 is 6.58. The predicted octanol–water partition coefficient (Wildman–Crippen LogP) is 3.38. The van der Waals surface area contributed by atoms with E-state index in [0.717, 1.165) is 4.90 Å². The number of carbonyl (C=O) groups excluding carboxylic acids is 1. The van der Waals surface area contributed by atoms with Gasteiger partial charge in [0.25, 0.3) is 11.4 Å². The number of thioether (sulfide) groups is 1. The molecule has 7 nitrogen and oxygen atoms in total. The fourth-order valence-corrected chi connectivity index (χ4v) is 2.88. The van der Waals surface area contributed by atoms with Crippen molar-refractivity contribution in [2.24, 2.45) is 0 Å². The molecule has 0 spiro atoms. The molecular formula is C19H20N4O3S. The number of aromatic nitrogens is 3. The Bertz CT molecular complexity index is 1010. The minimum atomic E-state index is -0.291. The third-order valence-corrected chi connectivity index (χ3v) is 4.58. The van der Waals surface area contributed by atoms with E-state index in [2.05, 4.69) is 15.5 Å². The molecule has 0 aliphatic rings. The second kappa shape index (κ2) is 8.22. The van der Waals surface area contributed by atoms with Gasteiger partial charge in [0.1, 0.15) is 6.54 Å². The molecule has 0 fully saturated rings. The summed E-state index contributed by atoms with van der Waals surface area (Å²) in [6.45, 7) is 3.82. The van der Waals surface area contributed by atoms with Gasteiger partial charge in [0.15, 0.2) is 5.82 Å². The summed E-state index contributed by atoms with van der Waals surface area (Å²) in [6, 6.07) is 10.5. The molecule has 3 rings (SSSR count). The Labute approximate surface area is 160 Å². The number of nitrogens with one attached hydrogen (secondary N) is 1. The monoisotopic (exact) mass is 384 g/mol. The highest BCUT2D eigenvalue weighted by Crippen LogP contribution is 2.20. The van der Waals surface area contributed by atoms with Crippen LogP contribution < -0.4 is 10.9 Å². The summed E-state index contributed by atoms with van der Waals surface area (Å²) in [5, 5.41) is 6.73. The molecule has 0 unspecified atom stereocenters. The van der Waals surface area contributed by atoms with Gasteiger partial charge in [-0.2, -0.15) is 4.98 Å². The van der Waals surface area contributed by atoms with Crippen LogP contribution in [0.3, 0.4) is 0 Å². The maximum atomic E-state index is 12.3. The van der Waals surface area contributed by atoms with E-state index >= 15 is 0 Å². The molecular weight excluding hydrogens is 364 g/mol. The molecule has 8 heteroatoms. The first-order valence-electron chi connectivity index (χ1n) is 8.44. The maximum Gasteiger partial charge on any atom is 0.259 e. The smallest absolute Gasteiger partial charge is 0.259 e. The first-order valence-corrected chi connectivity index (χ1v) is 9.67. The highest BCUT2D eigenvalue weighted by Gasteiger charge is 2.13. The molecule has 0 saturated heterocycles. The summed E-state index contributed by atoms with van der Waals surface area (Å²) >= 11 is 1.59. The number of rotatable bonds is 6. The van der Waals surface area contributed by atoms with Crippen molar-refractivity contribution in [1.29, 1.82) is 0 Å². The maximum absolute atomic E-state index is 12.3. The van der Waals surface area contributed by atoms with E-state index in [1.807, 2.05) is 44.4 Å². The van der Waals surface area contributed by atoms with Gasteiger partial charge in [-0.3, -0.25) is 9.59 Å². The van der Waals surface area contributed by atoms with E-state index in [-0.39, 0.29) is 23.9 Å². The lowest BCUT2D eigenvalue weighted by Gasteiger charge is -2.09. The number of carbonyl (C=O) groups is 1. The summed E-state index contributed by atoms with van der Waals surface area (Å²) in [4.78, 5) is 29.8. The number of amides is 1. The number of anilines is 1. The fourth-order valence-electron chi connectivity index (χ4n) is 2.42. The van der Waals surface area contributed by atoms with Crippen molar-refractivity contribution in [3.63, 3.8) is 0 Å². The zero-order valence-electron chi connectivity index (χ0n) is 15.3. The molecule has 1 N–H and O–H groups in total. The Kier molecular flexibility index (Phi) is 5.75. The van der Waals surface area contributed by atoms with E-state index in [0.29, 0.717) is 23.0 Å². The molecule has 140 valence electrons. The van der Waals surface area contributed by atoms with Gasteiger partial charge in [0.2, 0.25) is 5.91 Å². The number of hydrogen-bond acceptors (Lipinski definition) is 6. The van der Waals surface area contributed by atoms with Crippen LogP contribution in [0.5, 0.6) is 0 Å². The SMILES string of the molecule is CSc1cccc(NC(=O)Cn2cc(-c3nc(C(C)C)no3)ccc2=O)c1. The van der Waals surface area contributed by atoms with Gasteiger partial charge >= 0.3 is 0 Å².